The van der Waals surface area contributed by atoms with E-state index >= 15 is 0 Å². The molecule has 0 N–H and O–H groups in total. The number of aryl methyl sites for hydroxylation is 1. The zero-order valence-corrected chi connectivity index (χ0v) is 14.6. The fraction of sp³-hybridized carbons (Fsp3) is 0.357. The van der Waals surface area contributed by atoms with Gasteiger partial charge in [-0.25, -0.2) is 0 Å². The Morgan fingerprint density at radius 1 is 1.05 bits per heavy atom. The van der Waals surface area contributed by atoms with Crippen molar-refractivity contribution in [2.24, 2.45) is 0 Å². The van der Waals surface area contributed by atoms with E-state index in [1.807, 2.05) is 0 Å². The minimum absolute atomic E-state index is 0.0870. The average molecular weight is 383 g/mol. The first-order chi connectivity index (χ1) is 10.6. The summed E-state index contributed by atoms with van der Waals surface area (Å²) in [7, 11) is 0. The lowest BCUT2D eigenvalue weighted by Gasteiger charge is -2.07. The number of rotatable bonds is 8. The summed E-state index contributed by atoms with van der Waals surface area (Å²) < 4.78 is 12.8. The van der Waals surface area contributed by atoms with Crippen molar-refractivity contribution in [1.82, 2.24) is 3.96 Å². The first-order valence-electron chi connectivity index (χ1n) is 6.59. The zero-order chi connectivity index (χ0) is 15.9. The summed E-state index contributed by atoms with van der Waals surface area (Å²) in [4.78, 5) is 11.6. The Bertz CT molecular complexity index is 654. The third-order valence-electron chi connectivity index (χ3n) is 2.74. The molecule has 2 rings (SSSR count). The third kappa shape index (κ3) is 5.18. The van der Waals surface area contributed by atoms with Crippen LogP contribution in [-0.4, -0.2) is 23.8 Å². The molecule has 0 aliphatic heterocycles. The summed E-state index contributed by atoms with van der Waals surface area (Å²) in [5, 5.41) is 0.761. The molecule has 8 heteroatoms. The van der Waals surface area contributed by atoms with Crippen LogP contribution in [0.1, 0.15) is 6.42 Å². The highest BCUT2D eigenvalue weighted by molar-refractivity contribution is 7.11. The number of aromatic nitrogens is 1. The number of hydrogen-bond acceptors (Lipinski definition) is 4. The van der Waals surface area contributed by atoms with Crippen LogP contribution >= 0.6 is 46.3 Å². The van der Waals surface area contributed by atoms with Gasteiger partial charge in [-0.3, -0.25) is 8.75 Å². The molecule has 0 aliphatic carbocycles. The monoisotopic (exact) mass is 381 g/mol. The Morgan fingerprint density at radius 2 is 1.77 bits per heavy atom. The second kappa shape index (κ2) is 8.79. The molecular formula is C14H14Cl3NO3S. The van der Waals surface area contributed by atoms with Crippen molar-refractivity contribution in [2.45, 2.75) is 13.0 Å². The smallest absolute Gasteiger partial charge is 0.280 e. The fourth-order valence-electron chi connectivity index (χ4n) is 1.68. The van der Waals surface area contributed by atoms with Crippen LogP contribution in [-0.2, 0) is 11.3 Å². The molecule has 1 aromatic carbocycles. The lowest BCUT2D eigenvalue weighted by molar-refractivity contribution is 0.0966. The summed E-state index contributed by atoms with van der Waals surface area (Å²) in [6, 6.07) is 7.15. The first-order valence-corrected chi connectivity index (χ1v) is 8.50. The van der Waals surface area contributed by atoms with E-state index in [0.29, 0.717) is 42.1 Å². The average Bonchev–Trinajstić information content (AvgIpc) is 2.75. The molecule has 0 fully saturated rings. The highest BCUT2D eigenvalue weighted by atomic mass is 35.5. The zero-order valence-electron chi connectivity index (χ0n) is 11.6. The molecule has 0 saturated carbocycles. The van der Waals surface area contributed by atoms with Gasteiger partial charge >= 0.3 is 0 Å². The predicted molar refractivity (Wildman–Crippen MR) is 91.0 cm³/mol. The van der Waals surface area contributed by atoms with Gasteiger partial charge in [-0.1, -0.05) is 34.8 Å². The van der Waals surface area contributed by atoms with Gasteiger partial charge in [-0.2, -0.15) is 0 Å². The minimum Gasteiger partial charge on any atom is -0.491 e. The molecule has 0 atom stereocenters. The largest absolute Gasteiger partial charge is 0.491 e. The van der Waals surface area contributed by atoms with Crippen molar-refractivity contribution in [1.29, 1.82) is 0 Å². The van der Waals surface area contributed by atoms with Crippen LogP contribution in [0.25, 0.3) is 0 Å². The second-order valence-corrected chi connectivity index (χ2v) is 6.80. The molecule has 0 unspecified atom stereocenters. The van der Waals surface area contributed by atoms with E-state index in [0.717, 1.165) is 17.3 Å². The van der Waals surface area contributed by atoms with E-state index in [1.165, 1.54) is 3.96 Å². The Kier molecular flexibility index (Phi) is 7.05. The molecule has 4 nitrogen and oxygen atoms in total. The predicted octanol–water partition coefficient (Wildman–Crippen LogP) is 4.36. The van der Waals surface area contributed by atoms with E-state index in [9.17, 15) is 4.79 Å². The molecule has 120 valence electrons. The van der Waals surface area contributed by atoms with Crippen molar-refractivity contribution in [3.05, 3.63) is 49.0 Å². The van der Waals surface area contributed by atoms with Gasteiger partial charge in [0.15, 0.2) is 0 Å². The summed E-state index contributed by atoms with van der Waals surface area (Å²) >= 11 is 18.5. The Balaban J connectivity index is 1.58. The molecule has 0 bridgehead atoms. The Hall–Kier alpha value is -0.720. The van der Waals surface area contributed by atoms with Crippen LogP contribution < -0.4 is 10.3 Å². The Labute approximate surface area is 147 Å². The standard InChI is InChI=1S/C14H14Cl3NO3S/c15-10-2-4-11(5-3-10)21-9-8-20-7-1-6-18-14(19)12(16)13(17)22-18/h2-5H,1,6-9H2. The van der Waals surface area contributed by atoms with Crippen molar-refractivity contribution in [2.75, 3.05) is 19.8 Å². The summed E-state index contributed by atoms with van der Waals surface area (Å²) in [5.41, 5.74) is -0.247. The van der Waals surface area contributed by atoms with Gasteiger partial charge in [0.25, 0.3) is 5.56 Å². The summed E-state index contributed by atoms with van der Waals surface area (Å²) in [5.74, 6) is 0.752. The maximum absolute atomic E-state index is 11.6. The summed E-state index contributed by atoms with van der Waals surface area (Å²) in [6.45, 7) is 2.00. The molecule has 0 radical (unpaired) electrons. The van der Waals surface area contributed by atoms with Gasteiger partial charge in [0.2, 0.25) is 0 Å². The molecule has 0 aliphatic rings. The number of benzene rings is 1. The second-order valence-electron chi connectivity index (χ2n) is 4.35. The molecule has 0 spiro atoms. The highest BCUT2D eigenvalue weighted by Gasteiger charge is 2.10. The van der Waals surface area contributed by atoms with Crippen molar-refractivity contribution in [3.8, 4) is 5.75 Å². The molecule has 0 saturated heterocycles. The van der Waals surface area contributed by atoms with E-state index in [4.69, 9.17) is 44.3 Å². The van der Waals surface area contributed by atoms with E-state index in [2.05, 4.69) is 0 Å². The minimum atomic E-state index is -0.247. The maximum atomic E-state index is 11.6. The molecule has 0 amide bonds. The van der Waals surface area contributed by atoms with Gasteiger partial charge in [0.05, 0.1) is 6.61 Å². The van der Waals surface area contributed by atoms with Crippen molar-refractivity contribution in [3.63, 3.8) is 0 Å². The molecular weight excluding hydrogens is 369 g/mol. The summed E-state index contributed by atoms with van der Waals surface area (Å²) in [6.07, 6.45) is 0.702. The number of hydrogen-bond donors (Lipinski definition) is 0. The van der Waals surface area contributed by atoms with Gasteiger partial charge in [-0.05, 0) is 42.2 Å². The molecule has 1 aromatic heterocycles. The quantitative estimate of drug-likeness (QED) is 0.637. The van der Waals surface area contributed by atoms with Crippen LogP contribution in [0.5, 0.6) is 5.75 Å². The number of nitrogens with zero attached hydrogens (tertiary/aromatic N) is 1. The van der Waals surface area contributed by atoms with Crippen molar-refractivity contribution >= 4 is 46.3 Å². The van der Waals surface area contributed by atoms with Crippen LogP contribution in [0, 0.1) is 0 Å². The number of ether oxygens (including phenoxy) is 2. The van der Waals surface area contributed by atoms with Gasteiger partial charge in [0, 0.05) is 18.2 Å². The maximum Gasteiger partial charge on any atom is 0.280 e. The normalized spacial score (nSPS) is 10.9. The highest BCUT2D eigenvalue weighted by Crippen LogP contribution is 2.23. The van der Waals surface area contributed by atoms with Crippen LogP contribution in [0.2, 0.25) is 14.4 Å². The van der Waals surface area contributed by atoms with E-state index in [-0.39, 0.29) is 10.6 Å². The van der Waals surface area contributed by atoms with Gasteiger partial charge in [-0.15, -0.1) is 0 Å². The first kappa shape index (κ1) is 17.6. The van der Waals surface area contributed by atoms with Gasteiger partial charge in [0.1, 0.15) is 21.7 Å². The van der Waals surface area contributed by atoms with E-state index < -0.39 is 0 Å². The third-order valence-corrected chi connectivity index (χ3v) is 4.88. The van der Waals surface area contributed by atoms with Crippen molar-refractivity contribution < 1.29 is 9.47 Å². The Morgan fingerprint density at radius 3 is 2.41 bits per heavy atom. The molecule has 1 heterocycles. The van der Waals surface area contributed by atoms with Crippen LogP contribution in [0.15, 0.2) is 29.1 Å². The fourth-order valence-corrected chi connectivity index (χ4v) is 3.15. The lowest BCUT2D eigenvalue weighted by Crippen LogP contribution is -2.15. The van der Waals surface area contributed by atoms with Gasteiger partial charge < -0.3 is 9.47 Å². The van der Waals surface area contributed by atoms with Crippen LogP contribution in [0.4, 0.5) is 0 Å². The number of halogens is 3. The molecule has 22 heavy (non-hydrogen) atoms. The lowest BCUT2D eigenvalue weighted by atomic mass is 10.3. The molecule has 2 aromatic rings. The van der Waals surface area contributed by atoms with E-state index in [1.54, 1.807) is 24.3 Å². The SMILES string of the molecule is O=c1c(Cl)c(Cl)sn1CCCOCCOc1ccc(Cl)cc1. The topological polar surface area (TPSA) is 40.5 Å². The van der Waals surface area contributed by atoms with Crippen LogP contribution in [0.3, 0.4) is 0 Å².